The Kier molecular flexibility index (Phi) is 5.59. The Bertz CT molecular complexity index is 514. The maximum atomic E-state index is 11.9. The van der Waals surface area contributed by atoms with Crippen molar-refractivity contribution in [3.63, 3.8) is 0 Å². The minimum Gasteiger partial charge on any atom is -0.480 e. The molecule has 9 heteroatoms. The van der Waals surface area contributed by atoms with Crippen LogP contribution in [0, 0.1) is 0 Å². The summed E-state index contributed by atoms with van der Waals surface area (Å²) in [4.78, 5) is 37.5. The number of nitrogens with one attached hydrogen (secondary N) is 1. The summed E-state index contributed by atoms with van der Waals surface area (Å²) in [6, 6.07) is -1.48. The number of nitrogens with zero attached hydrogens (tertiary/aromatic N) is 1. The normalized spacial score (nSPS) is 13.5. The molecular formula is C11H16N4O4S. The molecule has 0 aliphatic heterocycles. The molecular weight excluding hydrogens is 284 g/mol. The Morgan fingerprint density at radius 3 is 2.60 bits per heavy atom. The number of aromatic nitrogens is 1. The van der Waals surface area contributed by atoms with E-state index in [0.717, 1.165) is 0 Å². The summed E-state index contributed by atoms with van der Waals surface area (Å²) in [5.41, 5.74) is 10.7. The van der Waals surface area contributed by atoms with Gasteiger partial charge in [-0.3, -0.25) is 9.59 Å². The topological polar surface area (TPSA) is 148 Å². The van der Waals surface area contributed by atoms with E-state index >= 15 is 0 Å². The predicted octanol–water partition coefficient (Wildman–Crippen LogP) is -0.389. The number of thiazole rings is 1. The van der Waals surface area contributed by atoms with Crippen LogP contribution in [0.3, 0.4) is 0 Å². The van der Waals surface area contributed by atoms with E-state index in [-0.39, 0.29) is 24.6 Å². The molecule has 1 unspecified atom stereocenters. The summed E-state index contributed by atoms with van der Waals surface area (Å²) < 4.78 is 0. The van der Waals surface area contributed by atoms with Gasteiger partial charge >= 0.3 is 5.97 Å². The summed E-state index contributed by atoms with van der Waals surface area (Å²) in [5, 5.41) is 13.4. The first-order chi connectivity index (χ1) is 9.31. The Morgan fingerprint density at radius 1 is 1.50 bits per heavy atom. The lowest BCUT2D eigenvalue weighted by Gasteiger charge is -2.12. The SMILES string of the molecule is CC(N)c1nc(C(=O)N[C@@H](CCC(N)=O)C(=O)O)cs1. The van der Waals surface area contributed by atoms with E-state index in [0.29, 0.717) is 5.01 Å². The number of hydrogen-bond acceptors (Lipinski definition) is 6. The van der Waals surface area contributed by atoms with Gasteiger partial charge in [-0.05, 0) is 13.3 Å². The van der Waals surface area contributed by atoms with Gasteiger partial charge in [0.25, 0.3) is 5.91 Å². The van der Waals surface area contributed by atoms with Gasteiger partial charge in [-0.15, -0.1) is 11.3 Å². The average molecular weight is 300 g/mol. The van der Waals surface area contributed by atoms with E-state index in [1.165, 1.54) is 16.7 Å². The summed E-state index contributed by atoms with van der Waals surface area (Å²) in [6.07, 6.45) is -0.194. The molecule has 8 nitrogen and oxygen atoms in total. The van der Waals surface area contributed by atoms with E-state index in [4.69, 9.17) is 16.6 Å². The lowest BCUT2D eigenvalue weighted by atomic mass is 10.1. The van der Waals surface area contributed by atoms with E-state index in [2.05, 4.69) is 10.3 Å². The molecule has 0 fully saturated rings. The second kappa shape index (κ2) is 6.96. The molecule has 0 spiro atoms. The number of carboxylic acids is 1. The third-order valence-corrected chi connectivity index (χ3v) is 3.47. The fraction of sp³-hybridized carbons (Fsp3) is 0.455. The van der Waals surface area contributed by atoms with Crippen LogP contribution in [0.1, 0.15) is 41.3 Å². The van der Waals surface area contributed by atoms with Crippen LogP contribution in [0.5, 0.6) is 0 Å². The standard InChI is InChI=1S/C11H16N4O4S/c1-5(12)10-15-7(4-20-10)9(17)14-6(11(18)19)2-3-8(13)16/h4-6H,2-3,12H2,1H3,(H2,13,16)(H,14,17)(H,18,19)/t5?,6-/m0/s1. The largest absolute Gasteiger partial charge is 0.480 e. The Labute approximate surface area is 119 Å². The highest BCUT2D eigenvalue weighted by Gasteiger charge is 2.22. The number of primary amides is 1. The van der Waals surface area contributed by atoms with Gasteiger partial charge in [0.2, 0.25) is 5.91 Å². The third-order valence-electron chi connectivity index (χ3n) is 2.43. The first-order valence-corrected chi connectivity index (χ1v) is 6.72. The molecule has 110 valence electrons. The van der Waals surface area contributed by atoms with Crippen molar-refractivity contribution in [2.24, 2.45) is 11.5 Å². The molecule has 1 rings (SSSR count). The average Bonchev–Trinajstić information content (AvgIpc) is 2.83. The first-order valence-electron chi connectivity index (χ1n) is 5.84. The number of carboxylic acid groups (broad SMARTS) is 1. The lowest BCUT2D eigenvalue weighted by Crippen LogP contribution is -2.41. The summed E-state index contributed by atoms with van der Waals surface area (Å²) >= 11 is 1.22. The number of amides is 2. The maximum Gasteiger partial charge on any atom is 0.326 e. The quantitative estimate of drug-likeness (QED) is 0.539. The van der Waals surface area contributed by atoms with Crippen LogP contribution >= 0.6 is 11.3 Å². The molecule has 0 radical (unpaired) electrons. The van der Waals surface area contributed by atoms with E-state index < -0.39 is 23.8 Å². The Balaban J connectivity index is 2.69. The van der Waals surface area contributed by atoms with Crippen LogP contribution in [0.25, 0.3) is 0 Å². The molecule has 6 N–H and O–H groups in total. The molecule has 1 heterocycles. The zero-order valence-electron chi connectivity index (χ0n) is 10.8. The summed E-state index contributed by atoms with van der Waals surface area (Å²) in [7, 11) is 0. The van der Waals surface area contributed by atoms with Crippen LogP contribution in [0.4, 0.5) is 0 Å². The highest BCUT2D eigenvalue weighted by Crippen LogP contribution is 2.15. The zero-order chi connectivity index (χ0) is 15.3. The van der Waals surface area contributed by atoms with Crippen molar-refractivity contribution in [3.8, 4) is 0 Å². The van der Waals surface area contributed by atoms with Gasteiger partial charge in [0.15, 0.2) is 0 Å². The van der Waals surface area contributed by atoms with Crippen molar-refractivity contribution >= 4 is 29.1 Å². The molecule has 0 aromatic carbocycles. The van der Waals surface area contributed by atoms with E-state index in [9.17, 15) is 14.4 Å². The van der Waals surface area contributed by atoms with Gasteiger partial charge in [-0.2, -0.15) is 0 Å². The van der Waals surface area contributed by atoms with Crippen molar-refractivity contribution < 1.29 is 19.5 Å². The monoisotopic (exact) mass is 300 g/mol. The van der Waals surface area contributed by atoms with Gasteiger partial charge in [0.1, 0.15) is 16.7 Å². The molecule has 0 aliphatic carbocycles. The minimum atomic E-state index is -1.23. The van der Waals surface area contributed by atoms with Crippen molar-refractivity contribution in [2.75, 3.05) is 0 Å². The lowest BCUT2D eigenvalue weighted by molar-refractivity contribution is -0.139. The van der Waals surface area contributed by atoms with Gasteiger partial charge in [0.05, 0.1) is 6.04 Å². The van der Waals surface area contributed by atoms with Crippen molar-refractivity contribution in [2.45, 2.75) is 31.8 Å². The van der Waals surface area contributed by atoms with Gasteiger partial charge in [-0.25, -0.2) is 9.78 Å². The smallest absolute Gasteiger partial charge is 0.326 e. The van der Waals surface area contributed by atoms with Gasteiger partial charge in [-0.1, -0.05) is 0 Å². The summed E-state index contributed by atoms with van der Waals surface area (Å²) in [6.45, 7) is 1.73. The van der Waals surface area contributed by atoms with Crippen LogP contribution in [-0.2, 0) is 9.59 Å². The predicted molar refractivity (Wildman–Crippen MR) is 72.0 cm³/mol. The van der Waals surface area contributed by atoms with Crippen molar-refractivity contribution in [1.29, 1.82) is 0 Å². The second-order valence-corrected chi connectivity index (χ2v) is 5.12. The minimum absolute atomic E-state index is 0.0688. The number of carbonyl (C=O) groups excluding carboxylic acids is 2. The molecule has 1 aromatic rings. The molecule has 0 saturated carbocycles. The number of carbonyl (C=O) groups is 3. The van der Waals surface area contributed by atoms with E-state index in [1.54, 1.807) is 6.92 Å². The van der Waals surface area contributed by atoms with Crippen LogP contribution in [0.2, 0.25) is 0 Å². The van der Waals surface area contributed by atoms with Crippen LogP contribution < -0.4 is 16.8 Å². The fourth-order valence-corrected chi connectivity index (χ4v) is 2.14. The molecule has 20 heavy (non-hydrogen) atoms. The summed E-state index contributed by atoms with van der Waals surface area (Å²) in [5.74, 6) is -2.48. The highest BCUT2D eigenvalue weighted by molar-refractivity contribution is 7.09. The molecule has 2 amide bonds. The Morgan fingerprint density at radius 2 is 2.15 bits per heavy atom. The van der Waals surface area contributed by atoms with Gasteiger partial charge < -0.3 is 21.9 Å². The first kappa shape index (κ1) is 16.1. The zero-order valence-corrected chi connectivity index (χ0v) is 11.6. The maximum absolute atomic E-state index is 11.9. The number of nitrogens with two attached hydrogens (primary N) is 2. The number of aliphatic carboxylic acids is 1. The molecule has 1 aromatic heterocycles. The van der Waals surface area contributed by atoms with Crippen molar-refractivity contribution in [3.05, 3.63) is 16.1 Å². The second-order valence-electron chi connectivity index (χ2n) is 4.23. The third kappa shape index (κ3) is 4.59. The fourth-order valence-electron chi connectivity index (χ4n) is 1.38. The van der Waals surface area contributed by atoms with E-state index in [1.807, 2.05) is 0 Å². The van der Waals surface area contributed by atoms with Crippen molar-refractivity contribution in [1.82, 2.24) is 10.3 Å². The Hall–Kier alpha value is -2.00. The molecule has 0 bridgehead atoms. The molecule has 0 saturated heterocycles. The number of hydrogen-bond donors (Lipinski definition) is 4. The highest BCUT2D eigenvalue weighted by atomic mass is 32.1. The van der Waals surface area contributed by atoms with Crippen LogP contribution in [0.15, 0.2) is 5.38 Å². The molecule has 0 aliphatic rings. The van der Waals surface area contributed by atoms with Crippen LogP contribution in [-0.4, -0.2) is 33.9 Å². The molecule has 2 atom stereocenters. The number of rotatable bonds is 7. The van der Waals surface area contributed by atoms with Gasteiger partial charge in [0, 0.05) is 11.8 Å².